The Morgan fingerprint density at radius 2 is 0.543 bits per heavy atom. The summed E-state index contributed by atoms with van der Waals surface area (Å²) in [5.41, 5.74) is 10.5. The van der Waals surface area contributed by atoms with E-state index < -0.39 is 0 Å². The molecule has 10 aromatic rings. The summed E-state index contributed by atoms with van der Waals surface area (Å²) in [6, 6.07) is 23.8. The van der Waals surface area contributed by atoms with Crippen LogP contribution < -0.4 is 0 Å². The van der Waals surface area contributed by atoms with Gasteiger partial charge >= 0.3 is 0 Å². The highest BCUT2D eigenvalue weighted by molar-refractivity contribution is 5.15. The Morgan fingerprint density at radius 1 is 0.190 bits per heavy atom. The molecule has 10 heterocycles. The van der Waals surface area contributed by atoms with E-state index in [2.05, 4.69) is 250 Å². The molecule has 0 atom stereocenters. The lowest BCUT2D eigenvalue weighted by Gasteiger charge is -2.01. The molecule has 0 saturated heterocycles. The van der Waals surface area contributed by atoms with Gasteiger partial charge in [-0.15, -0.1) is 0 Å². The average molecular weight is 1610 g/mol. The summed E-state index contributed by atoms with van der Waals surface area (Å²) in [6.07, 6.45) is 36.9. The van der Waals surface area contributed by atoms with Gasteiger partial charge < -0.3 is 0 Å². The second-order valence-electron chi connectivity index (χ2n) is 25.1. The molecule has 10 rings (SSSR count). The highest BCUT2D eigenvalue weighted by Gasteiger charge is 2.02. The van der Waals surface area contributed by atoms with Crippen LogP contribution in [0, 0.1) is 5.92 Å². The summed E-state index contributed by atoms with van der Waals surface area (Å²) >= 11 is 0. The zero-order chi connectivity index (χ0) is 92.5. The molecule has 0 saturated carbocycles. The summed E-state index contributed by atoms with van der Waals surface area (Å²) in [5.74, 6) is 7.00. The van der Waals surface area contributed by atoms with Crippen LogP contribution in [0.1, 0.15) is 429 Å². The first-order chi connectivity index (χ1) is 55.8. The van der Waals surface area contributed by atoms with Gasteiger partial charge in [0.1, 0.15) is 18.5 Å². The van der Waals surface area contributed by atoms with E-state index in [1.807, 2.05) is 256 Å². The Hall–Kier alpha value is -8.99. The van der Waals surface area contributed by atoms with Crippen LogP contribution in [-0.4, -0.2) is 85.2 Å². The largest absolute Gasteiger partial charge is 0.265 e. The van der Waals surface area contributed by atoms with E-state index in [9.17, 15) is 0 Å². The van der Waals surface area contributed by atoms with Gasteiger partial charge in [-0.3, -0.25) is 34.9 Å². The zero-order valence-corrected chi connectivity index (χ0v) is 83.0. The SMILES string of the molecule is CC.CC.CC.CC.CC.CC.CC.CC.CC.CC.CC.CC(C)C.CC(C)c1ccccn1.CC(C)c1cccnc1.CC(C)c1cccnn1.CC(C)c1ccncc1.CC(C)c1ccncn1.CC(C)c1ccnnc1.CC(C)c1cnccn1.CC(C)c1cnccn1.CC(C)c1cncnc1.CC(C)c1ncccn1.[2HH]. The van der Waals surface area contributed by atoms with Crippen LogP contribution in [0.3, 0.4) is 0 Å². The fraction of sp³-hybridized carbons (Fsp3) is 0.566. The third-order valence-electron chi connectivity index (χ3n) is 12.4. The number of pyridine rings is 3. The van der Waals surface area contributed by atoms with Gasteiger partial charge in [0.25, 0.3) is 0 Å². The van der Waals surface area contributed by atoms with E-state index in [-0.39, 0.29) is 1.43 Å². The third-order valence-corrected chi connectivity index (χ3v) is 12.4. The Kier molecular flexibility index (Phi) is 124. The predicted molar refractivity (Wildman–Crippen MR) is 515 cm³/mol. The molecular formula is C99H181N17. The van der Waals surface area contributed by atoms with E-state index in [1.165, 1.54) is 22.3 Å². The topological polar surface area (TPSA) is 219 Å². The molecule has 662 valence electrons. The third kappa shape index (κ3) is 92.2. The van der Waals surface area contributed by atoms with Gasteiger partial charge in [0.05, 0.1) is 23.3 Å². The zero-order valence-electron chi connectivity index (χ0n) is 83.0. The number of nitrogens with zero attached hydrogens (tertiary/aromatic N) is 17. The van der Waals surface area contributed by atoms with Crippen molar-refractivity contribution in [3.05, 3.63) is 260 Å². The number of aromatic nitrogens is 17. The van der Waals surface area contributed by atoms with Crippen LogP contribution in [-0.2, 0) is 0 Å². The maximum atomic E-state index is 4.18. The van der Waals surface area contributed by atoms with Crippen molar-refractivity contribution in [1.29, 1.82) is 0 Å². The fourth-order valence-electron chi connectivity index (χ4n) is 6.52. The molecule has 0 spiro atoms. The highest BCUT2D eigenvalue weighted by atomic mass is 15.1. The molecule has 0 aromatic carbocycles. The molecule has 0 bridgehead atoms. The fourth-order valence-corrected chi connectivity index (χ4v) is 6.52. The first-order valence-corrected chi connectivity index (χ1v) is 43.8. The molecule has 17 nitrogen and oxygen atoms in total. The number of rotatable bonds is 10. The van der Waals surface area contributed by atoms with Crippen molar-refractivity contribution in [1.82, 2.24) is 85.2 Å². The molecule has 116 heavy (non-hydrogen) atoms. The minimum Gasteiger partial charge on any atom is -0.265 e. The lowest BCUT2D eigenvalue weighted by Crippen LogP contribution is -1.93. The molecule has 0 fully saturated rings. The van der Waals surface area contributed by atoms with Crippen molar-refractivity contribution >= 4 is 0 Å². The number of hydrogen-bond donors (Lipinski definition) is 0. The van der Waals surface area contributed by atoms with Gasteiger partial charge in [0, 0.05) is 130 Å². The smallest absolute Gasteiger partial charge is 0.130 e. The van der Waals surface area contributed by atoms with E-state index in [1.54, 1.807) is 93.2 Å². The summed E-state index contributed by atoms with van der Waals surface area (Å²) in [4.78, 5) is 52.0. The second kappa shape index (κ2) is 108. The summed E-state index contributed by atoms with van der Waals surface area (Å²) in [5, 5.41) is 15.1. The maximum absolute atomic E-state index is 4.18. The summed E-state index contributed by atoms with van der Waals surface area (Å²) in [6.45, 7) is 93.0. The van der Waals surface area contributed by atoms with Gasteiger partial charge in [0.2, 0.25) is 0 Å². The molecule has 0 radical (unpaired) electrons. The van der Waals surface area contributed by atoms with E-state index >= 15 is 0 Å². The molecule has 0 aliphatic rings. The normalized spacial score (nSPS) is 8.72. The van der Waals surface area contributed by atoms with Crippen LogP contribution in [0.5, 0.6) is 0 Å². The molecule has 0 amide bonds. The van der Waals surface area contributed by atoms with Gasteiger partial charge in [-0.2, -0.15) is 20.4 Å². The van der Waals surface area contributed by atoms with E-state index in [0.717, 1.165) is 40.2 Å². The first-order valence-electron chi connectivity index (χ1n) is 43.8. The predicted octanol–water partition coefficient (Wildman–Crippen LogP) is 31.0. The molecule has 17 heteroatoms. The molecule has 0 unspecified atom stereocenters. The number of hydrogen-bond acceptors (Lipinski definition) is 17. The molecular weight excluding hydrogens is 1430 g/mol. The van der Waals surface area contributed by atoms with Crippen LogP contribution >= 0.6 is 0 Å². The first kappa shape index (κ1) is 133. The van der Waals surface area contributed by atoms with Crippen molar-refractivity contribution in [2.24, 2.45) is 5.92 Å². The van der Waals surface area contributed by atoms with Crippen molar-refractivity contribution in [3.8, 4) is 0 Å². The monoisotopic (exact) mass is 1610 g/mol. The Labute approximate surface area is 719 Å². The Balaban J connectivity index is -0.0000000903. The van der Waals surface area contributed by atoms with E-state index in [4.69, 9.17) is 0 Å². The maximum Gasteiger partial charge on any atom is 0.130 e. The van der Waals surface area contributed by atoms with Crippen LogP contribution in [0.4, 0.5) is 0 Å². The van der Waals surface area contributed by atoms with Gasteiger partial charge in [-0.1, -0.05) is 324 Å². The highest BCUT2D eigenvalue weighted by Crippen LogP contribution is 2.15. The Bertz CT molecular complexity index is 2480. The standard InChI is InChI=1S/3C8H11N.7C7H10N2.C4H10.11C2H6.H2/c1-7(2)8-3-5-9-6-4-8;1-7(2)8-4-3-5-9-6-8;1-7(2)8-5-3-4-6-9-8;1-6(2)7-3-8-5-9-4-7;2*1-6(2)7-5-8-3-4-9-7;1-6(2)7-3-4-8-5-9-7;1-6(2)7-3-4-8-9-5-7;1-6(2)7-8-4-3-5-9-7;1-6(2)7-4-3-5-8-9-7;1-4(2)3;11*1-2;/h3*3-7H,1-2H3;7*3-6H,1-2H3;4H,1-3H3;11*1-2H3;1H/i;;;;;;;;;;;;;;;;;;;;;;1+1. The summed E-state index contributed by atoms with van der Waals surface area (Å²) in [7, 11) is 0. The van der Waals surface area contributed by atoms with Crippen molar-refractivity contribution < 1.29 is 1.43 Å². The minimum absolute atomic E-state index is 0. The molecule has 0 N–H and O–H groups in total. The molecule has 10 aromatic heterocycles. The van der Waals surface area contributed by atoms with E-state index in [0.29, 0.717) is 59.2 Å². The van der Waals surface area contributed by atoms with Crippen LogP contribution in [0.15, 0.2) is 203 Å². The van der Waals surface area contributed by atoms with Crippen LogP contribution in [0.25, 0.3) is 0 Å². The second-order valence-corrected chi connectivity index (χ2v) is 25.1. The average Bonchev–Trinajstić information content (AvgIpc) is 1.05. The van der Waals surface area contributed by atoms with Crippen molar-refractivity contribution in [2.45, 2.75) is 371 Å². The molecule has 0 aliphatic heterocycles. The molecule has 0 aliphatic carbocycles. The summed E-state index contributed by atoms with van der Waals surface area (Å²) < 4.78 is 0. The van der Waals surface area contributed by atoms with Crippen molar-refractivity contribution in [2.75, 3.05) is 0 Å². The lowest BCUT2D eigenvalue weighted by atomic mass is 10.1. The van der Waals surface area contributed by atoms with Crippen LogP contribution in [0.2, 0.25) is 0 Å². The minimum atomic E-state index is 0. The lowest BCUT2D eigenvalue weighted by molar-refractivity contribution is 0.737. The van der Waals surface area contributed by atoms with Crippen molar-refractivity contribution in [3.63, 3.8) is 0 Å². The van der Waals surface area contributed by atoms with Gasteiger partial charge in [-0.25, -0.2) is 29.9 Å². The quantitative estimate of drug-likeness (QED) is 0.124. The Morgan fingerprint density at radius 3 is 0.776 bits per heavy atom. The van der Waals surface area contributed by atoms with Gasteiger partial charge in [-0.05, 0) is 142 Å². The van der Waals surface area contributed by atoms with Gasteiger partial charge in [0.15, 0.2) is 0 Å².